The number of hydrogen-bond acceptors (Lipinski definition) is 4. The highest BCUT2D eigenvalue weighted by molar-refractivity contribution is 5.46. The summed E-state index contributed by atoms with van der Waals surface area (Å²) in [6.45, 7) is 5.25. The van der Waals surface area contributed by atoms with E-state index in [1.807, 2.05) is 19.2 Å². The molecule has 0 amide bonds. The Morgan fingerprint density at radius 3 is 2.42 bits per heavy atom. The zero-order chi connectivity index (χ0) is 13.7. The molecule has 0 unspecified atom stereocenters. The van der Waals surface area contributed by atoms with E-state index in [0.29, 0.717) is 0 Å². The second-order valence-electron chi connectivity index (χ2n) is 5.14. The SMILES string of the molecule is CNc1cc(NCC(C)(C)c2ccccc2)ncn1. The van der Waals surface area contributed by atoms with Crippen molar-refractivity contribution in [3.63, 3.8) is 0 Å². The number of nitrogens with zero attached hydrogens (tertiary/aromatic N) is 2. The highest BCUT2D eigenvalue weighted by Crippen LogP contribution is 2.23. The molecule has 0 bridgehead atoms. The summed E-state index contributed by atoms with van der Waals surface area (Å²) >= 11 is 0. The van der Waals surface area contributed by atoms with Gasteiger partial charge in [0.05, 0.1) is 0 Å². The molecule has 0 radical (unpaired) electrons. The van der Waals surface area contributed by atoms with Gasteiger partial charge in [-0.1, -0.05) is 44.2 Å². The van der Waals surface area contributed by atoms with Crippen molar-refractivity contribution in [2.45, 2.75) is 19.3 Å². The first-order chi connectivity index (χ1) is 9.12. The number of hydrogen-bond donors (Lipinski definition) is 2. The maximum Gasteiger partial charge on any atom is 0.131 e. The minimum atomic E-state index is 0.0476. The van der Waals surface area contributed by atoms with Crippen molar-refractivity contribution in [1.29, 1.82) is 0 Å². The van der Waals surface area contributed by atoms with Crippen molar-refractivity contribution in [1.82, 2.24) is 9.97 Å². The van der Waals surface area contributed by atoms with Gasteiger partial charge in [0.2, 0.25) is 0 Å². The Kier molecular flexibility index (Phi) is 4.00. The van der Waals surface area contributed by atoms with Crippen LogP contribution in [0.5, 0.6) is 0 Å². The van der Waals surface area contributed by atoms with Crippen molar-refractivity contribution in [3.05, 3.63) is 48.3 Å². The molecule has 0 saturated heterocycles. The second kappa shape index (κ2) is 5.69. The fraction of sp³-hybridized carbons (Fsp3) is 0.333. The highest BCUT2D eigenvalue weighted by atomic mass is 15.1. The first kappa shape index (κ1) is 13.3. The first-order valence-electron chi connectivity index (χ1n) is 6.41. The summed E-state index contributed by atoms with van der Waals surface area (Å²) in [4.78, 5) is 8.32. The average Bonchev–Trinajstić information content (AvgIpc) is 2.46. The quantitative estimate of drug-likeness (QED) is 0.863. The van der Waals surface area contributed by atoms with Gasteiger partial charge in [-0.05, 0) is 5.56 Å². The monoisotopic (exact) mass is 256 g/mol. The molecule has 100 valence electrons. The molecule has 19 heavy (non-hydrogen) atoms. The van der Waals surface area contributed by atoms with Gasteiger partial charge in [0.15, 0.2) is 0 Å². The lowest BCUT2D eigenvalue weighted by Crippen LogP contribution is -2.27. The topological polar surface area (TPSA) is 49.8 Å². The van der Waals surface area contributed by atoms with Crippen LogP contribution < -0.4 is 10.6 Å². The molecule has 0 fully saturated rings. The minimum absolute atomic E-state index is 0.0476. The normalized spacial score (nSPS) is 11.1. The third-order valence-electron chi connectivity index (χ3n) is 3.19. The maximum absolute atomic E-state index is 4.22. The van der Waals surface area contributed by atoms with E-state index in [-0.39, 0.29) is 5.41 Å². The Morgan fingerprint density at radius 2 is 1.74 bits per heavy atom. The Bertz CT molecular complexity index is 523. The Hall–Kier alpha value is -2.10. The van der Waals surface area contributed by atoms with E-state index < -0.39 is 0 Å². The van der Waals surface area contributed by atoms with Gasteiger partial charge in [0.1, 0.15) is 18.0 Å². The van der Waals surface area contributed by atoms with Crippen LogP contribution in [0.25, 0.3) is 0 Å². The van der Waals surface area contributed by atoms with E-state index in [2.05, 4.69) is 58.7 Å². The van der Waals surface area contributed by atoms with Gasteiger partial charge in [-0.2, -0.15) is 0 Å². The molecule has 0 saturated carbocycles. The molecule has 1 heterocycles. The molecule has 0 aliphatic heterocycles. The summed E-state index contributed by atoms with van der Waals surface area (Å²) in [6.07, 6.45) is 1.56. The summed E-state index contributed by atoms with van der Waals surface area (Å²) in [6, 6.07) is 12.4. The standard InChI is InChI=1S/C15H20N4/c1-15(2,12-7-5-4-6-8-12)10-17-14-9-13(16-3)18-11-19-14/h4-9,11H,10H2,1-3H3,(H2,16,17,18,19). The van der Waals surface area contributed by atoms with E-state index in [1.54, 1.807) is 6.33 Å². The van der Waals surface area contributed by atoms with Gasteiger partial charge in [-0.15, -0.1) is 0 Å². The number of aromatic nitrogens is 2. The molecule has 1 aromatic carbocycles. The zero-order valence-electron chi connectivity index (χ0n) is 11.6. The zero-order valence-corrected chi connectivity index (χ0v) is 11.6. The minimum Gasteiger partial charge on any atom is -0.373 e. The Balaban J connectivity index is 2.05. The predicted molar refractivity (Wildman–Crippen MR) is 79.5 cm³/mol. The van der Waals surface area contributed by atoms with Crippen LogP contribution in [0, 0.1) is 0 Å². The van der Waals surface area contributed by atoms with Gasteiger partial charge in [-0.25, -0.2) is 9.97 Å². The number of anilines is 2. The van der Waals surface area contributed by atoms with Crippen LogP contribution in [0.4, 0.5) is 11.6 Å². The van der Waals surface area contributed by atoms with Crippen molar-refractivity contribution in [2.75, 3.05) is 24.2 Å². The maximum atomic E-state index is 4.22. The smallest absolute Gasteiger partial charge is 0.131 e. The summed E-state index contributed by atoms with van der Waals surface area (Å²) in [5.74, 6) is 1.65. The summed E-state index contributed by atoms with van der Waals surface area (Å²) in [5.41, 5.74) is 1.36. The molecule has 2 N–H and O–H groups in total. The molecule has 0 atom stereocenters. The van der Waals surface area contributed by atoms with E-state index >= 15 is 0 Å². The largest absolute Gasteiger partial charge is 0.373 e. The first-order valence-corrected chi connectivity index (χ1v) is 6.41. The molecule has 2 rings (SSSR count). The van der Waals surface area contributed by atoms with Crippen LogP contribution >= 0.6 is 0 Å². The molecule has 2 aromatic rings. The van der Waals surface area contributed by atoms with Crippen LogP contribution in [0.2, 0.25) is 0 Å². The molecule has 4 nitrogen and oxygen atoms in total. The van der Waals surface area contributed by atoms with Gasteiger partial charge in [-0.3, -0.25) is 0 Å². The molecule has 0 aliphatic rings. The summed E-state index contributed by atoms with van der Waals surface area (Å²) in [5, 5.41) is 6.37. The number of rotatable bonds is 5. The lowest BCUT2D eigenvalue weighted by Gasteiger charge is -2.26. The van der Waals surface area contributed by atoms with E-state index in [4.69, 9.17) is 0 Å². The van der Waals surface area contributed by atoms with Gasteiger partial charge < -0.3 is 10.6 Å². The van der Waals surface area contributed by atoms with Crippen LogP contribution in [0.1, 0.15) is 19.4 Å². The molecule has 0 aliphatic carbocycles. The fourth-order valence-electron chi connectivity index (χ4n) is 1.89. The lowest BCUT2D eigenvalue weighted by atomic mass is 9.85. The molecule has 0 spiro atoms. The fourth-order valence-corrected chi connectivity index (χ4v) is 1.89. The van der Waals surface area contributed by atoms with Gasteiger partial charge in [0.25, 0.3) is 0 Å². The van der Waals surface area contributed by atoms with Crippen molar-refractivity contribution < 1.29 is 0 Å². The highest BCUT2D eigenvalue weighted by Gasteiger charge is 2.20. The van der Waals surface area contributed by atoms with E-state index in [9.17, 15) is 0 Å². The van der Waals surface area contributed by atoms with Gasteiger partial charge >= 0.3 is 0 Å². The molecule has 1 aromatic heterocycles. The Labute approximate surface area is 114 Å². The van der Waals surface area contributed by atoms with E-state index in [0.717, 1.165) is 18.2 Å². The Morgan fingerprint density at radius 1 is 1.05 bits per heavy atom. The van der Waals surface area contributed by atoms with E-state index in [1.165, 1.54) is 5.56 Å². The van der Waals surface area contributed by atoms with Crippen LogP contribution in [0.3, 0.4) is 0 Å². The van der Waals surface area contributed by atoms with Crippen molar-refractivity contribution in [3.8, 4) is 0 Å². The van der Waals surface area contributed by atoms with Crippen LogP contribution in [-0.2, 0) is 5.41 Å². The summed E-state index contributed by atoms with van der Waals surface area (Å²) in [7, 11) is 1.85. The second-order valence-corrected chi connectivity index (χ2v) is 5.14. The predicted octanol–water partition coefficient (Wildman–Crippen LogP) is 2.91. The lowest BCUT2D eigenvalue weighted by molar-refractivity contribution is 0.556. The van der Waals surface area contributed by atoms with Gasteiger partial charge in [0, 0.05) is 25.1 Å². The van der Waals surface area contributed by atoms with Crippen LogP contribution in [0.15, 0.2) is 42.7 Å². The summed E-state index contributed by atoms with van der Waals surface area (Å²) < 4.78 is 0. The number of nitrogens with one attached hydrogen (secondary N) is 2. The number of benzene rings is 1. The van der Waals surface area contributed by atoms with Crippen molar-refractivity contribution >= 4 is 11.6 Å². The molecular weight excluding hydrogens is 236 g/mol. The van der Waals surface area contributed by atoms with Crippen LogP contribution in [-0.4, -0.2) is 23.6 Å². The third-order valence-corrected chi connectivity index (χ3v) is 3.19. The molecular formula is C15H20N4. The third kappa shape index (κ3) is 3.44. The van der Waals surface area contributed by atoms with Crippen molar-refractivity contribution in [2.24, 2.45) is 0 Å². The average molecular weight is 256 g/mol. The molecule has 4 heteroatoms.